The van der Waals surface area contributed by atoms with E-state index in [2.05, 4.69) is 10.3 Å². The quantitative estimate of drug-likeness (QED) is 0.679. The lowest BCUT2D eigenvalue weighted by atomic mass is 10.3. The molecule has 2 rings (SSSR count). The first-order valence-electron chi connectivity index (χ1n) is 4.08. The first-order chi connectivity index (χ1) is 6.34. The zero-order valence-electron chi connectivity index (χ0n) is 7.03. The van der Waals surface area contributed by atoms with Gasteiger partial charge in [-0.15, -0.1) is 0 Å². The molecule has 1 aromatic carbocycles. The van der Waals surface area contributed by atoms with Crippen LogP contribution in [0.3, 0.4) is 0 Å². The van der Waals surface area contributed by atoms with E-state index in [1.54, 1.807) is 18.2 Å². The second-order valence-electron chi connectivity index (χ2n) is 2.71. The summed E-state index contributed by atoms with van der Waals surface area (Å²) in [5, 5.41) is 12.1. The lowest BCUT2D eigenvalue weighted by Gasteiger charge is -2.04. The maximum absolute atomic E-state index is 9.17. The highest BCUT2D eigenvalue weighted by atomic mass is 16.5. The fourth-order valence-corrected chi connectivity index (χ4v) is 1.12. The topological polar surface area (TPSA) is 53.8 Å². The van der Waals surface area contributed by atoms with Crippen molar-refractivity contribution in [3.63, 3.8) is 0 Å². The molecule has 0 atom stereocenters. The molecule has 0 fully saturated rings. The van der Waals surface area contributed by atoms with Crippen molar-refractivity contribution >= 4 is 11.7 Å². The van der Waals surface area contributed by atoms with E-state index >= 15 is 0 Å². The highest BCUT2D eigenvalue weighted by Crippen LogP contribution is 2.15. The Balaban J connectivity index is 2.09. The SMILES string of the molecule is Oc1cccc(NC2=NCCO2)c1. The average molecular weight is 178 g/mol. The molecular weight excluding hydrogens is 168 g/mol. The van der Waals surface area contributed by atoms with Crippen molar-refractivity contribution in [2.45, 2.75) is 0 Å². The Bertz CT molecular complexity index is 336. The van der Waals surface area contributed by atoms with E-state index in [1.165, 1.54) is 0 Å². The first-order valence-corrected chi connectivity index (χ1v) is 4.08. The molecule has 13 heavy (non-hydrogen) atoms. The van der Waals surface area contributed by atoms with E-state index in [0.717, 1.165) is 5.69 Å². The van der Waals surface area contributed by atoms with Crippen LogP contribution in [-0.2, 0) is 4.74 Å². The molecule has 0 radical (unpaired) electrons. The normalized spacial score (nSPS) is 14.9. The van der Waals surface area contributed by atoms with E-state index in [4.69, 9.17) is 9.84 Å². The van der Waals surface area contributed by atoms with Gasteiger partial charge in [0.2, 0.25) is 0 Å². The smallest absolute Gasteiger partial charge is 0.289 e. The minimum atomic E-state index is 0.226. The summed E-state index contributed by atoms with van der Waals surface area (Å²) >= 11 is 0. The van der Waals surface area contributed by atoms with Crippen LogP contribution < -0.4 is 5.32 Å². The largest absolute Gasteiger partial charge is 0.508 e. The molecule has 0 amide bonds. The van der Waals surface area contributed by atoms with Gasteiger partial charge in [-0.3, -0.25) is 0 Å². The highest BCUT2D eigenvalue weighted by molar-refractivity contribution is 5.89. The second-order valence-corrected chi connectivity index (χ2v) is 2.71. The number of aliphatic imine (C=N–C) groups is 1. The standard InChI is InChI=1S/C9H10N2O2/c12-8-3-1-2-7(6-8)11-9-10-4-5-13-9/h1-3,6,12H,4-5H2,(H,10,11). The number of amidine groups is 1. The lowest BCUT2D eigenvalue weighted by molar-refractivity contribution is 0.346. The van der Waals surface area contributed by atoms with Crippen molar-refractivity contribution in [3.8, 4) is 5.75 Å². The van der Waals surface area contributed by atoms with Gasteiger partial charge in [0, 0.05) is 11.8 Å². The van der Waals surface area contributed by atoms with Crippen LogP contribution in [-0.4, -0.2) is 24.3 Å². The summed E-state index contributed by atoms with van der Waals surface area (Å²) in [6.45, 7) is 1.32. The second kappa shape index (κ2) is 3.35. The van der Waals surface area contributed by atoms with Gasteiger partial charge >= 0.3 is 0 Å². The van der Waals surface area contributed by atoms with Crippen molar-refractivity contribution in [1.29, 1.82) is 0 Å². The third kappa shape index (κ3) is 1.90. The molecule has 0 unspecified atom stereocenters. The molecule has 2 N–H and O–H groups in total. The molecule has 0 aromatic heterocycles. The van der Waals surface area contributed by atoms with Gasteiger partial charge in [-0.05, 0) is 12.1 Å². The zero-order chi connectivity index (χ0) is 9.10. The van der Waals surface area contributed by atoms with Crippen LogP contribution >= 0.6 is 0 Å². The van der Waals surface area contributed by atoms with Crippen molar-refractivity contribution in [2.75, 3.05) is 18.5 Å². The van der Waals surface area contributed by atoms with E-state index in [-0.39, 0.29) is 5.75 Å². The van der Waals surface area contributed by atoms with Crippen molar-refractivity contribution in [3.05, 3.63) is 24.3 Å². The summed E-state index contributed by atoms with van der Waals surface area (Å²) in [6.07, 6.45) is 0. The Morgan fingerprint density at radius 1 is 1.46 bits per heavy atom. The Morgan fingerprint density at radius 2 is 2.38 bits per heavy atom. The Kier molecular flexibility index (Phi) is 2.04. The molecule has 4 heteroatoms. The van der Waals surface area contributed by atoms with Gasteiger partial charge in [-0.1, -0.05) is 6.07 Å². The van der Waals surface area contributed by atoms with Gasteiger partial charge in [0.15, 0.2) is 0 Å². The summed E-state index contributed by atoms with van der Waals surface area (Å²) in [7, 11) is 0. The van der Waals surface area contributed by atoms with E-state index in [0.29, 0.717) is 19.2 Å². The van der Waals surface area contributed by atoms with Crippen LogP contribution in [0.25, 0.3) is 0 Å². The van der Waals surface area contributed by atoms with Crippen molar-refractivity contribution < 1.29 is 9.84 Å². The van der Waals surface area contributed by atoms with Crippen LogP contribution in [0, 0.1) is 0 Å². The third-order valence-corrected chi connectivity index (χ3v) is 1.68. The molecule has 0 aliphatic carbocycles. The van der Waals surface area contributed by atoms with Gasteiger partial charge in [-0.2, -0.15) is 0 Å². The lowest BCUT2D eigenvalue weighted by Crippen LogP contribution is -2.11. The van der Waals surface area contributed by atoms with Crippen LogP contribution in [0.4, 0.5) is 5.69 Å². The van der Waals surface area contributed by atoms with Gasteiger partial charge in [0.1, 0.15) is 12.4 Å². The molecule has 0 saturated heterocycles. The van der Waals surface area contributed by atoms with Gasteiger partial charge in [0.05, 0.1) is 6.54 Å². The van der Waals surface area contributed by atoms with Crippen LogP contribution in [0.2, 0.25) is 0 Å². The maximum Gasteiger partial charge on any atom is 0.289 e. The minimum Gasteiger partial charge on any atom is -0.508 e. The van der Waals surface area contributed by atoms with Gasteiger partial charge < -0.3 is 15.2 Å². The van der Waals surface area contributed by atoms with Crippen LogP contribution in [0.1, 0.15) is 0 Å². The number of hydrogen-bond donors (Lipinski definition) is 2. The first kappa shape index (κ1) is 7.91. The summed E-state index contributed by atoms with van der Waals surface area (Å²) in [5.74, 6) is 0.226. The Hall–Kier alpha value is -1.71. The predicted octanol–water partition coefficient (Wildman–Crippen LogP) is 1.19. The number of benzene rings is 1. The van der Waals surface area contributed by atoms with E-state index in [9.17, 15) is 0 Å². The number of phenolic OH excluding ortho intramolecular Hbond substituents is 1. The molecular formula is C9H10N2O2. The number of nitrogens with one attached hydrogen (secondary N) is 1. The molecule has 1 aliphatic rings. The number of aromatic hydroxyl groups is 1. The van der Waals surface area contributed by atoms with Crippen molar-refractivity contribution in [2.24, 2.45) is 4.99 Å². The summed E-state index contributed by atoms with van der Waals surface area (Å²) < 4.78 is 5.15. The summed E-state index contributed by atoms with van der Waals surface area (Å²) in [6, 6.07) is 7.34. The average Bonchev–Trinajstić information content (AvgIpc) is 2.57. The number of anilines is 1. The molecule has 0 spiro atoms. The minimum absolute atomic E-state index is 0.226. The fraction of sp³-hybridized carbons (Fsp3) is 0.222. The van der Waals surface area contributed by atoms with E-state index < -0.39 is 0 Å². The van der Waals surface area contributed by atoms with Gasteiger partial charge in [-0.25, -0.2) is 4.99 Å². The molecule has 1 heterocycles. The number of rotatable bonds is 1. The molecule has 0 bridgehead atoms. The van der Waals surface area contributed by atoms with E-state index in [1.807, 2.05) is 6.07 Å². The monoisotopic (exact) mass is 178 g/mol. The molecule has 68 valence electrons. The molecule has 1 aromatic rings. The maximum atomic E-state index is 9.17. The number of nitrogens with zero attached hydrogens (tertiary/aromatic N) is 1. The molecule has 4 nitrogen and oxygen atoms in total. The Morgan fingerprint density at radius 3 is 3.08 bits per heavy atom. The van der Waals surface area contributed by atoms with Gasteiger partial charge in [0.25, 0.3) is 6.02 Å². The predicted molar refractivity (Wildman–Crippen MR) is 50.0 cm³/mol. The zero-order valence-corrected chi connectivity index (χ0v) is 7.03. The molecule has 0 saturated carbocycles. The summed E-state index contributed by atoms with van der Waals surface area (Å²) in [4.78, 5) is 4.06. The summed E-state index contributed by atoms with van der Waals surface area (Å²) in [5.41, 5.74) is 0.778. The van der Waals surface area contributed by atoms with Crippen molar-refractivity contribution in [1.82, 2.24) is 0 Å². The van der Waals surface area contributed by atoms with Crippen LogP contribution in [0.5, 0.6) is 5.75 Å². The number of phenols is 1. The number of ether oxygens (including phenoxy) is 1. The fourth-order valence-electron chi connectivity index (χ4n) is 1.12. The third-order valence-electron chi connectivity index (χ3n) is 1.68. The van der Waals surface area contributed by atoms with Crippen LogP contribution in [0.15, 0.2) is 29.3 Å². The number of hydrogen-bond acceptors (Lipinski definition) is 4. The highest BCUT2D eigenvalue weighted by Gasteiger charge is 2.06. The Labute approximate surface area is 75.9 Å². The molecule has 1 aliphatic heterocycles.